The number of nitrogens with zero attached hydrogens (tertiary/aromatic N) is 1. The van der Waals surface area contributed by atoms with Crippen LogP contribution in [0.15, 0.2) is 6.07 Å². The fraction of sp³-hybridized carbons (Fsp3) is 0.714. The maximum absolute atomic E-state index is 3.40. The monoisotopic (exact) mass is 235 g/mol. The Morgan fingerprint density at radius 2 is 1.94 bits per heavy atom. The summed E-state index contributed by atoms with van der Waals surface area (Å²) < 4.78 is 0. The second-order valence-corrected chi connectivity index (χ2v) is 5.15. The number of rotatable bonds is 5. The smallest absolute Gasteiger partial charge is 0.0150 e. The topological polar surface area (TPSA) is 31.1 Å². The zero-order valence-corrected chi connectivity index (χ0v) is 11.2. The van der Waals surface area contributed by atoms with Crippen molar-refractivity contribution < 1.29 is 0 Å². The number of piperazine rings is 1. The molecule has 17 heavy (non-hydrogen) atoms. The van der Waals surface area contributed by atoms with Crippen LogP contribution < -0.4 is 5.32 Å². The SMILES string of the molecule is Cc1cc(CCCCN2CCNCC2)c(C)[nH]1. The van der Waals surface area contributed by atoms with Gasteiger partial charge in [0.1, 0.15) is 0 Å². The van der Waals surface area contributed by atoms with E-state index in [2.05, 4.69) is 35.1 Å². The van der Waals surface area contributed by atoms with E-state index in [1.807, 2.05) is 0 Å². The Hall–Kier alpha value is -0.800. The number of hydrogen-bond donors (Lipinski definition) is 2. The van der Waals surface area contributed by atoms with E-state index in [4.69, 9.17) is 0 Å². The molecule has 0 aromatic carbocycles. The van der Waals surface area contributed by atoms with Crippen molar-refractivity contribution in [2.45, 2.75) is 33.1 Å². The van der Waals surface area contributed by atoms with Gasteiger partial charge < -0.3 is 15.2 Å². The van der Waals surface area contributed by atoms with Crippen LogP contribution in [-0.2, 0) is 6.42 Å². The van der Waals surface area contributed by atoms with Crippen LogP contribution in [0.1, 0.15) is 29.8 Å². The first-order valence-corrected chi connectivity index (χ1v) is 6.84. The largest absolute Gasteiger partial charge is 0.362 e. The van der Waals surface area contributed by atoms with Gasteiger partial charge >= 0.3 is 0 Å². The summed E-state index contributed by atoms with van der Waals surface area (Å²) in [4.78, 5) is 5.95. The van der Waals surface area contributed by atoms with Crippen molar-refractivity contribution in [3.63, 3.8) is 0 Å². The Bertz CT molecular complexity index is 337. The fourth-order valence-electron chi connectivity index (χ4n) is 2.63. The summed E-state index contributed by atoms with van der Waals surface area (Å²) in [7, 11) is 0. The molecule has 2 N–H and O–H groups in total. The van der Waals surface area contributed by atoms with E-state index in [9.17, 15) is 0 Å². The molecular formula is C14H25N3. The van der Waals surface area contributed by atoms with Crippen LogP contribution >= 0.6 is 0 Å². The number of unbranched alkanes of at least 4 members (excludes halogenated alkanes) is 1. The van der Waals surface area contributed by atoms with Crippen molar-refractivity contribution in [1.82, 2.24) is 15.2 Å². The fourth-order valence-corrected chi connectivity index (χ4v) is 2.63. The van der Waals surface area contributed by atoms with Crippen molar-refractivity contribution in [2.24, 2.45) is 0 Å². The van der Waals surface area contributed by atoms with Crippen LogP contribution in [0, 0.1) is 13.8 Å². The first-order chi connectivity index (χ1) is 8.25. The van der Waals surface area contributed by atoms with Crippen LogP contribution in [0.4, 0.5) is 0 Å². The Morgan fingerprint density at radius 1 is 1.18 bits per heavy atom. The molecule has 3 heteroatoms. The van der Waals surface area contributed by atoms with Crippen molar-refractivity contribution >= 4 is 0 Å². The van der Waals surface area contributed by atoms with Gasteiger partial charge in [-0.15, -0.1) is 0 Å². The van der Waals surface area contributed by atoms with Gasteiger partial charge in [-0.1, -0.05) is 0 Å². The molecule has 3 nitrogen and oxygen atoms in total. The van der Waals surface area contributed by atoms with Crippen LogP contribution in [0.25, 0.3) is 0 Å². The molecule has 1 aromatic rings. The third-order valence-electron chi connectivity index (χ3n) is 3.64. The highest BCUT2D eigenvalue weighted by Crippen LogP contribution is 2.12. The second-order valence-electron chi connectivity index (χ2n) is 5.15. The molecule has 2 heterocycles. The standard InChI is InChI=1S/C14H25N3/c1-12-11-14(13(2)16-12)5-3-4-8-17-9-6-15-7-10-17/h11,15-16H,3-10H2,1-2H3. The molecule has 0 atom stereocenters. The van der Waals surface area contributed by atoms with Gasteiger partial charge in [0.2, 0.25) is 0 Å². The Balaban J connectivity index is 1.64. The third-order valence-corrected chi connectivity index (χ3v) is 3.64. The lowest BCUT2D eigenvalue weighted by Crippen LogP contribution is -2.43. The summed E-state index contributed by atoms with van der Waals surface area (Å²) in [5, 5.41) is 3.40. The van der Waals surface area contributed by atoms with Crippen molar-refractivity contribution in [3.8, 4) is 0 Å². The number of hydrogen-bond acceptors (Lipinski definition) is 2. The quantitative estimate of drug-likeness (QED) is 0.763. The van der Waals surface area contributed by atoms with E-state index in [1.54, 1.807) is 0 Å². The summed E-state index contributed by atoms with van der Waals surface area (Å²) in [5.41, 5.74) is 4.15. The molecule has 0 unspecified atom stereocenters. The zero-order valence-electron chi connectivity index (χ0n) is 11.2. The Labute approximate surface area is 105 Å². The molecule has 0 saturated carbocycles. The van der Waals surface area contributed by atoms with E-state index in [0.29, 0.717) is 0 Å². The minimum Gasteiger partial charge on any atom is -0.362 e. The minimum absolute atomic E-state index is 1.16. The van der Waals surface area contributed by atoms with E-state index in [0.717, 1.165) is 13.1 Å². The molecule has 0 radical (unpaired) electrons. The van der Waals surface area contributed by atoms with Gasteiger partial charge in [-0.05, 0) is 51.3 Å². The average molecular weight is 235 g/mol. The third kappa shape index (κ3) is 3.86. The van der Waals surface area contributed by atoms with Gasteiger partial charge in [-0.3, -0.25) is 0 Å². The molecule has 1 aromatic heterocycles. The van der Waals surface area contributed by atoms with E-state index >= 15 is 0 Å². The number of aryl methyl sites for hydroxylation is 3. The van der Waals surface area contributed by atoms with E-state index in [-0.39, 0.29) is 0 Å². The molecular weight excluding hydrogens is 210 g/mol. The maximum atomic E-state index is 3.40. The molecule has 0 amide bonds. The van der Waals surface area contributed by atoms with Crippen LogP contribution in [-0.4, -0.2) is 42.6 Å². The molecule has 1 aliphatic heterocycles. The van der Waals surface area contributed by atoms with Crippen molar-refractivity contribution in [2.75, 3.05) is 32.7 Å². The zero-order chi connectivity index (χ0) is 12.1. The molecule has 96 valence electrons. The van der Waals surface area contributed by atoms with Gasteiger partial charge in [0.05, 0.1) is 0 Å². The molecule has 0 bridgehead atoms. The highest BCUT2D eigenvalue weighted by atomic mass is 15.2. The number of aromatic nitrogens is 1. The minimum atomic E-state index is 1.16. The normalized spacial score (nSPS) is 17.5. The molecule has 0 spiro atoms. The lowest BCUT2D eigenvalue weighted by atomic mass is 10.1. The van der Waals surface area contributed by atoms with Crippen LogP contribution in [0.5, 0.6) is 0 Å². The van der Waals surface area contributed by atoms with E-state index < -0.39 is 0 Å². The number of nitrogens with one attached hydrogen (secondary N) is 2. The maximum Gasteiger partial charge on any atom is 0.0150 e. The number of aromatic amines is 1. The lowest BCUT2D eigenvalue weighted by molar-refractivity contribution is 0.237. The van der Waals surface area contributed by atoms with Gasteiger partial charge in [0, 0.05) is 37.6 Å². The summed E-state index contributed by atoms with van der Waals surface area (Å²) in [6.45, 7) is 10.4. The van der Waals surface area contributed by atoms with Crippen molar-refractivity contribution in [1.29, 1.82) is 0 Å². The summed E-state index contributed by atoms with van der Waals surface area (Å²) in [6, 6.07) is 2.29. The molecule has 0 aliphatic carbocycles. The number of H-pyrrole nitrogens is 1. The molecule has 2 rings (SSSR count). The summed E-state index contributed by atoms with van der Waals surface area (Å²) in [5.74, 6) is 0. The summed E-state index contributed by atoms with van der Waals surface area (Å²) in [6.07, 6.45) is 3.86. The predicted molar refractivity (Wildman–Crippen MR) is 72.5 cm³/mol. The van der Waals surface area contributed by atoms with Gasteiger partial charge in [-0.25, -0.2) is 0 Å². The molecule has 1 aliphatic rings. The average Bonchev–Trinajstić information content (AvgIpc) is 2.65. The Morgan fingerprint density at radius 3 is 2.59 bits per heavy atom. The van der Waals surface area contributed by atoms with Gasteiger partial charge in [0.25, 0.3) is 0 Å². The van der Waals surface area contributed by atoms with Crippen LogP contribution in [0.3, 0.4) is 0 Å². The highest BCUT2D eigenvalue weighted by molar-refractivity contribution is 5.24. The Kier molecular flexibility index (Phi) is 4.63. The summed E-state index contributed by atoms with van der Waals surface area (Å²) >= 11 is 0. The molecule has 1 fully saturated rings. The first kappa shape index (κ1) is 12.7. The second kappa shape index (κ2) is 6.22. The highest BCUT2D eigenvalue weighted by Gasteiger charge is 2.08. The molecule has 1 saturated heterocycles. The van der Waals surface area contributed by atoms with Gasteiger partial charge in [0.15, 0.2) is 0 Å². The lowest BCUT2D eigenvalue weighted by Gasteiger charge is -2.27. The van der Waals surface area contributed by atoms with Gasteiger partial charge in [-0.2, -0.15) is 0 Å². The first-order valence-electron chi connectivity index (χ1n) is 6.84. The van der Waals surface area contributed by atoms with E-state index in [1.165, 1.54) is 55.8 Å². The van der Waals surface area contributed by atoms with Crippen molar-refractivity contribution in [3.05, 3.63) is 23.0 Å². The predicted octanol–water partition coefficient (Wildman–Crippen LogP) is 1.86. The van der Waals surface area contributed by atoms with Crippen LogP contribution in [0.2, 0.25) is 0 Å².